The zero-order chi connectivity index (χ0) is 43.5. The van der Waals surface area contributed by atoms with Crippen LogP contribution in [0.1, 0.15) is 73.4 Å². The van der Waals surface area contributed by atoms with E-state index < -0.39 is 8.07 Å². The van der Waals surface area contributed by atoms with Crippen molar-refractivity contribution in [3.05, 3.63) is 174 Å². The molecule has 6 aromatic carbocycles. The Morgan fingerprint density at radius 3 is 2.32 bits per heavy atom. The fraction of sp³-hybridized carbons (Fsp3) is 0.241. The minimum absolute atomic E-state index is 0.0303. The first-order valence-corrected chi connectivity index (χ1v) is 26.3. The van der Waals surface area contributed by atoms with E-state index in [4.69, 9.17) is 11.0 Å². The van der Waals surface area contributed by atoms with Gasteiger partial charge in [-0.15, -0.1) is 0 Å². The Kier molecular flexibility index (Phi) is 9.02. The Bertz CT molecular complexity index is 3340. The highest BCUT2D eigenvalue weighted by Gasteiger charge is 2.45. The van der Waals surface area contributed by atoms with Crippen LogP contribution in [0.2, 0.25) is 19.6 Å². The normalized spacial score (nSPS) is 16.4. The lowest BCUT2D eigenvalue weighted by atomic mass is 9.77. The molecular formula is C58H57N3OSi+2. The van der Waals surface area contributed by atoms with Gasteiger partial charge in [0.05, 0.1) is 14.5 Å². The quantitative estimate of drug-likeness (QED) is 0.129. The number of fused-ring (bicyclic) bond motifs is 15. The van der Waals surface area contributed by atoms with Crippen molar-refractivity contribution in [3.8, 4) is 39.5 Å². The van der Waals surface area contributed by atoms with Gasteiger partial charge in [-0.3, -0.25) is 0 Å². The summed E-state index contributed by atoms with van der Waals surface area (Å²) in [6.07, 6.45) is 5.23. The maximum atomic E-state index is 7.10. The Morgan fingerprint density at radius 1 is 0.762 bits per heavy atom. The number of para-hydroxylation sites is 3. The van der Waals surface area contributed by atoms with Crippen LogP contribution in [-0.4, -0.2) is 12.6 Å². The molecule has 11 rings (SSSR count). The number of hydrogen-bond donors (Lipinski definition) is 0. The van der Waals surface area contributed by atoms with Crippen molar-refractivity contribution >= 4 is 51.9 Å². The number of furan rings is 1. The minimum Gasteiger partial charge on any atom is -0.455 e. The molecule has 2 unspecified atom stereocenters. The lowest BCUT2D eigenvalue weighted by Gasteiger charge is -2.33. The predicted octanol–water partition coefficient (Wildman–Crippen LogP) is 13.7. The molecule has 5 heterocycles. The molecule has 2 aliphatic heterocycles. The Labute approximate surface area is 372 Å². The molecule has 3 aromatic heterocycles. The summed E-state index contributed by atoms with van der Waals surface area (Å²) >= 11 is 0. The van der Waals surface area contributed by atoms with Crippen LogP contribution in [0.5, 0.6) is 0 Å². The fourth-order valence-corrected chi connectivity index (χ4v) is 12.9. The van der Waals surface area contributed by atoms with Gasteiger partial charge in [0.2, 0.25) is 5.69 Å². The van der Waals surface area contributed by atoms with Crippen LogP contribution < -0.4 is 14.3 Å². The number of pyridine rings is 1. The second-order valence-electron chi connectivity index (χ2n) is 20.4. The zero-order valence-corrected chi connectivity index (χ0v) is 39.0. The molecule has 0 aliphatic carbocycles. The summed E-state index contributed by atoms with van der Waals surface area (Å²) in [4.78, 5) is 0. The summed E-state index contributed by atoms with van der Waals surface area (Å²) in [6, 6.07) is 50.1. The van der Waals surface area contributed by atoms with Crippen LogP contribution in [-0.2, 0) is 11.8 Å². The van der Waals surface area contributed by atoms with Crippen molar-refractivity contribution in [2.45, 2.75) is 90.9 Å². The lowest BCUT2D eigenvalue weighted by Crippen LogP contribution is -2.53. The Hall–Kier alpha value is -6.30. The molecule has 0 bridgehead atoms. The molecule has 63 heavy (non-hydrogen) atoms. The molecule has 0 fully saturated rings. The van der Waals surface area contributed by atoms with Crippen LogP contribution in [0.25, 0.3) is 78.1 Å². The topological polar surface area (TPSA) is 25.8 Å². The highest BCUT2D eigenvalue weighted by atomic mass is 28.3. The molecule has 312 valence electrons. The van der Waals surface area contributed by atoms with E-state index in [1.807, 2.05) is 0 Å². The standard InChI is InChI=1S/C58H57N3OSi/c1-36-23-27-42-47(31-36)43-28-24-40-25-29-45-44-19-13-16-22-53(44)62-56(45)55(40)57-60(38(3)33-52(43)59-35-54(63(7,8)9)37(2)32-51(42)59)49-20-14-15-21-50(49)61(57)48-30-26-41(58(4,5)6)34-46(48)39-17-11-10-12-18-39/h10-23,25-27,29-32,34-35,43,52H,3,24,28,33H2,1-2,4-9H3/q+2. The van der Waals surface area contributed by atoms with Crippen LogP contribution in [0.15, 0.2) is 151 Å². The van der Waals surface area contributed by atoms with E-state index in [0.717, 1.165) is 75.0 Å². The summed E-state index contributed by atoms with van der Waals surface area (Å²) in [7, 11) is -1.68. The monoisotopic (exact) mass is 839 g/mol. The van der Waals surface area contributed by atoms with Crippen molar-refractivity contribution < 1.29 is 13.6 Å². The van der Waals surface area contributed by atoms with Gasteiger partial charge < -0.3 is 4.42 Å². The van der Waals surface area contributed by atoms with Crippen LogP contribution in [0, 0.1) is 13.8 Å². The fourth-order valence-electron chi connectivity index (χ4n) is 11.1. The van der Waals surface area contributed by atoms with Gasteiger partial charge >= 0.3 is 5.82 Å². The number of aryl methyl sites for hydroxylation is 3. The van der Waals surface area contributed by atoms with Gasteiger partial charge in [0.15, 0.2) is 28.9 Å². The van der Waals surface area contributed by atoms with E-state index in [-0.39, 0.29) is 17.4 Å². The van der Waals surface area contributed by atoms with Crippen LogP contribution in [0.4, 0.5) is 0 Å². The smallest absolute Gasteiger partial charge is 0.304 e. The van der Waals surface area contributed by atoms with Crippen molar-refractivity contribution in [1.82, 2.24) is 4.57 Å². The molecule has 5 heteroatoms. The average molecular weight is 840 g/mol. The highest BCUT2D eigenvalue weighted by Crippen LogP contribution is 2.48. The molecule has 0 saturated carbocycles. The van der Waals surface area contributed by atoms with Crippen molar-refractivity contribution in [2.24, 2.45) is 0 Å². The number of allylic oxidation sites excluding steroid dienone is 1. The molecule has 4 nitrogen and oxygen atoms in total. The second kappa shape index (κ2) is 14.4. The van der Waals surface area contributed by atoms with E-state index in [9.17, 15) is 0 Å². The number of aromatic nitrogens is 3. The molecule has 9 aromatic rings. The third-order valence-electron chi connectivity index (χ3n) is 14.2. The summed E-state index contributed by atoms with van der Waals surface area (Å²) in [5.74, 6) is 1.36. The largest absolute Gasteiger partial charge is 0.455 e. The minimum atomic E-state index is -1.68. The van der Waals surface area contributed by atoms with E-state index in [0.29, 0.717) is 0 Å². The molecule has 0 radical (unpaired) electrons. The van der Waals surface area contributed by atoms with E-state index in [1.165, 1.54) is 55.4 Å². The maximum Gasteiger partial charge on any atom is 0.304 e. The molecular weight excluding hydrogens is 783 g/mol. The number of hydrogen-bond acceptors (Lipinski definition) is 1. The summed E-state index contributed by atoms with van der Waals surface area (Å²) < 4.78 is 14.8. The number of imidazole rings is 1. The highest BCUT2D eigenvalue weighted by molar-refractivity contribution is 6.88. The third kappa shape index (κ3) is 6.30. The van der Waals surface area contributed by atoms with Gasteiger partial charge in [0, 0.05) is 39.1 Å². The number of nitrogens with zero attached hydrogens (tertiary/aromatic N) is 3. The lowest BCUT2D eigenvalue weighted by molar-refractivity contribution is -0.716. The number of benzene rings is 6. The summed E-state index contributed by atoms with van der Waals surface area (Å²) in [5, 5.41) is 3.80. The van der Waals surface area contributed by atoms with Gasteiger partial charge in [0.25, 0.3) is 0 Å². The van der Waals surface area contributed by atoms with Gasteiger partial charge in [-0.05, 0) is 96.3 Å². The summed E-state index contributed by atoms with van der Waals surface area (Å²) in [5.41, 5.74) is 19.3. The molecule has 2 aliphatic rings. The van der Waals surface area contributed by atoms with Gasteiger partial charge in [-0.25, -0.2) is 0 Å². The maximum absolute atomic E-state index is 7.10. The molecule has 0 amide bonds. The Morgan fingerprint density at radius 2 is 1.52 bits per heavy atom. The molecule has 0 N–H and O–H groups in total. The van der Waals surface area contributed by atoms with Crippen LogP contribution >= 0.6 is 0 Å². The SMILES string of the molecule is C=C1CC2C(CCc3ccc4c(oc5ccccc54)c3-c3n1c1ccccc1[n+]3-c1ccc(C(C)(C)C)cc1-c1ccccc1)c1cc(C)ccc1-c1cc(C)c([Si](C)(C)C)c[n+]12. The van der Waals surface area contributed by atoms with E-state index in [1.54, 1.807) is 0 Å². The first kappa shape index (κ1) is 39.5. The summed E-state index contributed by atoms with van der Waals surface area (Å²) in [6.45, 7) is 24.1. The van der Waals surface area contributed by atoms with E-state index in [2.05, 4.69) is 208 Å². The first-order valence-electron chi connectivity index (χ1n) is 22.8. The Balaban J connectivity index is 1.26. The zero-order valence-electron chi connectivity index (χ0n) is 38.0. The van der Waals surface area contributed by atoms with E-state index >= 15 is 0 Å². The molecule has 0 spiro atoms. The van der Waals surface area contributed by atoms with Crippen molar-refractivity contribution in [3.63, 3.8) is 0 Å². The van der Waals surface area contributed by atoms with Crippen molar-refractivity contribution in [2.75, 3.05) is 0 Å². The average Bonchev–Trinajstić information content (AvgIpc) is 3.81. The van der Waals surface area contributed by atoms with Gasteiger partial charge in [-0.1, -0.05) is 144 Å². The number of rotatable bonds is 3. The van der Waals surface area contributed by atoms with Crippen LogP contribution in [0.3, 0.4) is 0 Å². The first-order chi connectivity index (χ1) is 30.3. The van der Waals surface area contributed by atoms with Crippen molar-refractivity contribution in [1.29, 1.82) is 0 Å². The van der Waals surface area contributed by atoms with Gasteiger partial charge in [-0.2, -0.15) is 13.7 Å². The molecule has 2 atom stereocenters. The predicted molar refractivity (Wildman–Crippen MR) is 265 cm³/mol. The molecule has 0 saturated heterocycles. The third-order valence-corrected chi connectivity index (χ3v) is 16.3. The second-order valence-corrected chi connectivity index (χ2v) is 25.4. The van der Waals surface area contributed by atoms with Gasteiger partial charge in [0.1, 0.15) is 22.5 Å².